The summed E-state index contributed by atoms with van der Waals surface area (Å²) < 4.78 is 1.04. The van der Waals surface area contributed by atoms with E-state index in [2.05, 4.69) is 35.8 Å². The average molecular weight is 229 g/mol. The number of rotatable bonds is 2. The van der Waals surface area contributed by atoms with E-state index in [1.54, 1.807) is 0 Å². The molecular weight excluding hydrogens is 216 g/mol. The lowest BCUT2D eigenvalue weighted by molar-refractivity contribution is 0.281. The van der Waals surface area contributed by atoms with Crippen LogP contribution in [0.5, 0.6) is 0 Å². The molecule has 1 N–H and O–H groups in total. The minimum Gasteiger partial charge on any atom is -0.392 e. The largest absolute Gasteiger partial charge is 0.392 e. The Kier molecular flexibility index (Phi) is 3.29. The molecule has 0 radical (unpaired) electrons. The van der Waals surface area contributed by atoms with Gasteiger partial charge in [0.25, 0.3) is 0 Å². The molecule has 1 aromatic rings. The molecule has 66 valence electrons. The SMILES string of the molecule is CC(C)c1cccc(CO)c1Br. The van der Waals surface area contributed by atoms with Crippen molar-refractivity contribution >= 4 is 15.9 Å². The second-order valence-corrected chi connectivity index (χ2v) is 3.93. The normalized spacial score (nSPS) is 10.8. The van der Waals surface area contributed by atoms with E-state index >= 15 is 0 Å². The fraction of sp³-hybridized carbons (Fsp3) is 0.400. The summed E-state index contributed by atoms with van der Waals surface area (Å²) in [6.07, 6.45) is 0. The molecule has 0 aliphatic heterocycles. The lowest BCUT2D eigenvalue weighted by Crippen LogP contribution is -1.93. The molecule has 0 heterocycles. The molecule has 0 saturated carbocycles. The van der Waals surface area contributed by atoms with E-state index in [1.807, 2.05) is 12.1 Å². The predicted octanol–water partition coefficient (Wildman–Crippen LogP) is 3.06. The number of hydrogen-bond acceptors (Lipinski definition) is 1. The van der Waals surface area contributed by atoms with E-state index in [0.29, 0.717) is 5.92 Å². The zero-order valence-electron chi connectivity index (χ0n) is 7.34. The Morgan fingerprint density at radius 1 is 1.42 bits per heavy atom. The van der Waals surface area contributed by atoms with E-state index in [9.17, 15) is 0 Å². The third-order valence-corrected chi connectivity index (χ3v) is 2.87. The maximum absolute atomic E-state index is 8.99. The van der Waals surface area contributed by atoms with Gasteiger partial charge < -0.3 is 5.11 Å². The quantitative estimate of drug-likeness (QED) is 0.826. The molecule has 0 bridgehead atoms. The zero-order valence-corrected chi connectivity index (χ0v) is 8.93. The van der Waals surface area contributed by atoms with Crippen LogP contribution < -0.4 is 0 Å². The Balaban J connectivity index is 3.14. The molecule has 0 amide bonds. The van der Waals surface area contributed by atoms with Gasteiger partial charge in [-0.1, -0.05) is 48.0 Å². The zero-order chi connectivity index (χ0) is 9.14. The summed E-state index contributed by atoms with van der Waals surface area (Å²) in [5.41, 5.74) is 2.21. The third kappa shape index (κ3) is 1.87. The summed E-state index contributed by atoms with van der Waals surface area (Å²) in [5, 5.41) is 8.99. The van der Waals surface area contributed by atoms with Crippen LogP contribution in [0.2, 0.25) is 0 Å². The van der Waals surface area contributed by atoms with Crippen LogP contribution in [0.25, 0.3) is 0 Å². The van der Waals surface area contributed by atoms with Crippen LogP contribution in [0.4, 0.5) is 0 Å². The molecule has 0 fully saturated rings. The summed E-state index contributed by atoms with van der Waals surface area (Å²) >= 11 is 3.48. The molecule has 0 aliphatic rings. The molecule has 0 unspecified atom stereocenters. The Morgan fingerprint density at radius 2 is 2.08 bits per heavy atom. The molecule has 1 nitrogen and oxygen atoms in total. The highest BCUT2D eigenvalue weighted by atomic mass is 79.9. The summed E-state index contributed by atoms with van der Waals surface area (Å²) in [7, 11) is 0. The summed E-state index contributed by atoms with van der Waals surface area (Å²) in [4.78, 5) is 0. The second kappa shape index (κ2) is 4.06. The van der Waals surface area contributed by atoms with Crippen molar-refractivity contribution in [1.29, 1.82) is 0 Å². The maximum atomic E-state index is 8.99. The highest BCUT2D eigenvalue weighted by Crippen LogP contribution is 2.27. The molecule has 2 heteroatoms. The first-order valence-corrected chi connectivity index (χ1v) is 4.84. The fourth-order valence-electron chi connectivity index (χ4n) is 1.17. The number of aliphatic hydroxyl groups is 1. The Labute approximate surface area is 81.6 Å². The monoisotopic (exact) mass is 228 g/mol. The maximum Gasteiger partial charge on any atom is 0.0692 e. The first-order chi connectivity index (χ1) is 5.66. The van der Waals surface area contributed by atoms with E-state index in [1.165, 1.54) is 5.56 Å². The summed E-state index contributed by atoms with van der Waals surface area (Å²) in [6, 6.07) is 5.98. The molecule has 0 spiro atoms. The van der Waals surface area contributed by atoms with Crippen molar-refractivity contribution in [3.63, 3.8) is 0 Å². The third-order valence-electron chi connectivity index (χ3n) is 1.90. The highest BCUT2D eigenvalue weighted by Gasteiger charge is 2.06. The molecule has 0 atom stereocenters. The smallest absolute Gasteiger partial charge is 0.0692 e. The van der Waals surface area contributed by atoms with Crippen LogP contribution in [-0.4, -0.2) is 5.11 Å². The molecule has 0 aliphatic carbocycles. The van der Waals surface area contributed by atoms with Crippen LogP contribution in [0.15, 0.2) is 22.7 Å². The van der Waals surface area contributed by atoms with Gasteiger partial charge in [-0.25, -0.2) is 0 Å². The van der Waals surface area contributed by atoms with Crippen LogP contribution in [0.3, 0.4) is 0 Å². The number of aliphatic hydroxyl groups excluding tert-OH is 1. The van der Waals surface area contributed by atoms with Gasteiger partial charge in [0.1, 0.15) is 0 Å². The number of hydrogen-bond donors (Lipinski definition) is 1. The van der Waals surface area contributed by atoms with E-state index in [4.69, 9.17) is 5.11 Å². The molecule has 0 saturated heterocycles. The van der Waals surface area contributed by atoms with Crippen LogP contribution in [0, 0.1) is 0 Å². The lowest BCUT2D eigenvalue weighted by atomic mass is 10.0. The Morgan fingerprint density at radius 3 is 2.58 bits per heavy atom. The van der Waals surface area contributed by atoms with Crippen LogP contribution in [0.1, 0.15) is 30.9 Å². The predicted molar refractivity (Wildman–Crippen MR) is 54.2 cm³/mol. The van der Waals surface area contributed by atoms with Gasteiger partial charge in [-0.15, -0.1) is 0 Å². The molecule has 0 aromatic heterocycles. The van der Waals surface area contributed by atoms with Gasteiger partial charge in [0, 0.05) is 4.47 Å². The van der Waals surface area contributed by atoms with Crippen molar-refractivity contribution in [3.8, 4) is 0 Å². The van der Waals surface area contributed by atoms with E-state index in [-0.39, 0.29) is 6.61 Å². The van der Waals surface area contributed by atoms with Gasteiger partial charge in [0.2, 0.25) is 0 Å². The van der Waals surface area contributed by atoms with Crippen molar-refractivity contribution < 1.29 is 5.11 Å². The first kappa shape index (κ1) is 9.75. The second-order valence-electron chi connectivity index (χ2n) is 3.13. The van der Waals surface area contributed by atoms with Gasteiger partial charge in [-0.05, 0) is 17.0 Å². The van der Waals surface area contributed by atoms with Crippen LogP contribution in [-0.2, 0) is 6.61 Å². The first-order valence-electron chi connectivity index (χ1n) is 4.05. The van der Waals surface area contributed by atoms with Gasteiger partial charge in [-0.3, -0.25) is 0 Å². The van der Waals surface area contributed by atoms with Crippen molar-refractivity contribution in [2.75, 3.05) is 0 Å². The average Bonchev–Trinajstić information content (AvgIpc) is 2.04. The van der Waals surface area contributed by atoms with Crippen LogP contribution >= 0.6 is 15.9 Å². The number of halogens is 1. The van der Waals surface area contributed by atoms with Crippen molar-refractivity contribution in [1.82, 2.24) is 0 Å². The minimum atomic E-state index is 0.0984. The lowest BCUT2D eigenvalue weighted by Gasteiger charge is -2.10. The highest BCUT2D eigenvalue weighted by molar-refractivity contribution is 9.10. The van der Waals surface area contributed by atoms with Gasteiger partial charge in [-0.2, -0.15) is 0 Å². The fourth-order valence-corrected chi connectivity index (χ4v) is 2.02. The van der Waals surface area contributed by atoms with Gasteiger partial charge in [0.05, 0.1) is 6.61 Å². The molecule has 1 rings (SSSR count). The summed E-state index contributed by atoms with van der Waals surface area (Å²) in [5.74, 6) is 0.492. The van der Waals surface area contributed by atoms with Crippen molar-refractivity contribution in [2.45, 2.75) is 26.4 Å². The van der Waals surface area contributed by atoms with E-state index in [0.717, 1.165) is 10.0 Å². The molecule has 1 aromatic carbocycles. The van der Waals surface area contributed by atoms with Gasteiger partial charge >= 0.3 is 0 Å². The minimum absolute atomic E-state index is 0.0984. The molecular formula is C10H13BrO. The topological polar surface area (TPSA) is 20.2 Å². The Hall–Kier alpha value is -0.340. The van der Waals surface area contributed by atoms with Gasteiger partial charge in [0.15, 0.2) is 0 Å². The van der Waals surface area contributed by atoms with Crippen molar-refractivity contribution in [3.05, 3.63) is 33.8 Å². The molecule has 12 heavy (non-hydrogen) atoms. The number of benzene rings is 1. The standard InChI is InChI=1S/C10H13BrO/c1-7(2)9-5-3-4-8(6-12)10(9)11/h3-5,7,12H,6H2,1-2H3. The Bertz CT molecular complexity index is 269. The van der Waals surface area contributed by atoms with E-state index < -0.39 is 0 Å². The van der Waals surface area contributed by atoms with Crippen molar-refractivity contribution in [2.24, 2.45) is 0 Å². The summed E-state index contributed by atoms with van der Waals surface area (Å²) in [6.45, 7) is 4.38.